The second-order valence-electron chi connectivity index (χ2n) is 7.13. The number of nitrogens with one attached hydrogen (secondary N) is 1. The van der Waals surface area contributed by atoms with E-state index in [4.69, 9.17) is 0 Å². The van der Waals surface area contributed by atoms with Crippen molar-refractivity contribution in [1.82, 2.24) is 10.2 Å². The topological polar surface area (TPSA) is 58.6 Å². The lowest BCUT2D eigenvalue weighted by atomic mass is 10.1. The maximum absolute atomic E-state index is 12.3. The van der Waals surface area contributed by atoms with E-state index in [9.17, 15) is 22.8 Å². The minimum Gasteiger partial charge on any atom is -0.406 e. The average molecular weight is 386 g/mol. The lowest BCUT2D eigenvalue weighted by Crippen LogP contribution is -2.36. The Kier molecular flexibility index (Phi) is 7.10. The van der Waals surface area contributed by atoms with E-state index in [0.717, 1.165) is 25.1 Å². The molecule has 1 N–H and O–H groups in total. The van der Waals surface area contributed by atoms with Crippen molar-refractivity contribution < 1.29 is 27.5 Å². The van der Waals surface area contributed by atoms with Gasteiger partial charge in [0.2, 0.25) is 5.91 Å². The Bertz CT molecular complexity index is 645. The van der Waals surface area contributed by atoms with Gasteiger partial charge in [0.15, 0.2) is 0 Å². The standard InChI is InChI=1S/C19H25F3N2O3/c1-13(2)9-11-24-12-10-15(5-8-17(24)25)23-18(26)14-3-6-16(7-4-14)27-19(20,21)22/h3-4,6-7,13,15H,5,8-12H2,1-2H3,(H,23,26). The summed E-state index contributed by atoms with van der Waals surface area (Å²) in [4.78, 5) is 26.4. The molecule has 0 aliphatic carbocycles. The molecule has 1 saturated heterocycles. The van der Waals surface area contributed by atoms with Crippen LogP contribution in [0.1, 0.15) is 49.9 Å². The third-order valence-corrected chi connectivity index (χ3v) is 4.47. The second kappa shape index (κ2) is 9.10. The van der Waals surface area contributed by atoms with Crippen LogP contribution in [0.25, 0.3) is 0 Å². The quantitative estimate of drug-likeness (QED) is 0.810. The lowest BCUT2D eigenvalue weighted by Gasteiger charge is -2.22. The first-order valence-electron chi connectivity index (χ1n) is 9.08. The number of alkyl halides is 3. The zero-order chi connectivity index (χ0) is 20.0. The highest BCUT2D eigenvalue weighted by Gasteiger charge is 2.31. The predicted molar refractivity (Wildman–Crippen MR) is 94.3 cm³/mol. The Hall–Kier alpha value is -2.25. The molecule has 2 rings (SSSR count). The number of hydrogen-bond donors (Lipinski definition) is 1. The molecule has 1 aliphatic heterocycles. The molecule has 0 saturated carbocycles. The molecule has 5 nitrogen and oxygen atoms in total. The zero-order valence-electron chi connectivity index (χ0n) is 15.5. The molecule has 27 heavy (non-hydrogen) atoms. The Labute approximate surface area is 156 Å². The molecule has 1 unspecified atom stereocenters. The maximum atomic E-state index is 12.3. The van der Waals surface area contributed by atoms with Crippen molar-refractivity contribution in [1.29, 1.82) is 0 Å². The van der Waals surface area contributed by atoms with Gasteiger partial charge in [0, 0.05) is 31.1 Å². The summed E-state index contributed by atoms with van der Waals surface area (Å²) in [6, 6.07) is 4.64. The van der Waals surface area contributed by atoms with E-state index in [2.05, 4.69) is 23.9 Å². The zero-order valence-corrected chi connectivity index (χ0v) is 15.5. The van der Waals surface area contributed by atoms with Gasteiger partial charge in [0.1, 0.15) is 5.75 Å². The van der Waals surface area contributed by atoms with Crippen molar-refractivity contribution in [3.05, 3.63) is 29.8 Å². The summed E-state index contributed by atoms with van der Waals surface area (Å²) in [5.41, 5.74) is 0.247. The van der Waals surface area contributed by atoms with Crippen LogP contribution in [-0.4, -0.2) is 42.2 Å². The molecule has 1 atom stereocenters. The Morgan fingerprint density at radius 2 is 1.93 bits per heavy atom. The van der Waals surface area contributed by atoms with E-state index in [1.165, 1.54) is 12.1 Å². The molecule has 1 aromatic rings. The van der Waals surface area contributed by atoms with Crippen molar-refractivity contribution in [2.24, 2.45) is 5.92 Å². The van der Waals surface area contributed by atoms with Crippen molar-refractivity contribution in [2.45, 2.75) is 51.9 Å². The average Bonchev–Trinajstić information content (AvgIpc) is 2.74. The summed E-state index contributed by atoms with van der Waals surface area (Å²) in [5, 5.41) is 2.87. The van der Waals surface area contributed by atoms with Crippen LogP contribution in [0, 0.1) is 5.92 Å². The Morgan fingerprint density at radius 3 is 2.52 bits per heavy atom. The molecule has 150 valence electrons. The number of halogens is 3. The van der Waals surface area contributed by atoms with Gasteiger partial charge in [-0.1, -0.05) is 13.8 Å². The molecule has 2 amide bonds. The van der Waals surface area contributed by atoms with E-state index >= 15 is 0 Å². The van der Waals surface area contributed by atoms with Gasteiger partial charge in [-0.3, -0.25) is 9.59 Å². The number of rotatable bonds is 6. The highest BCUT2D eigenvalue weighted by atomic mass is 19.4. The molecular formula is C19H25F3N2O3. The minimum atomic E-state index is -4.77. The van der Waals surface area contributed by atoms with E-state index in [-0.39, 0.29) is 29.2 Å². The van der Waals surface area contributed by atoms with Crippen molar-refractivity contribution in [3.8, 4) is 5.75 Å². The van der Waals surface area contributed by atoms with E-state index in [0.29, 0.717) is 31.7 Å². The number of ether oxygens (including phenoxy) is 1. The van der Waals surface area contributed by atoms with Gasteiger partial charge in [-0.25, -0.2) is 0 Å². The fourth-order valence-electron chi connectivity index (χ4n) is 2.91. The third kappa shape index (κ3) is 7.11. The normalized spacial score (nSPS) is 18.4. The van der Waals surface area contributed by atoms with Crippen molar-refractivity contribution in [2.75, 3.05) is 13.1 Å². The molecule has 1 heterocycles. The monoisotopic (exact) mass is 386 g/mol. The number of amides is 2. The van der Waals surface area contributed by atoms with Crippen LogP contribution >= 0.6 is 0 Å². The van der Waals surface area contributed by atoms with Crippen LogP contribution in [-0.2, 0) is 4.79 Å². The maximum Gasteiger partial charge on any atom is 0.573 e. The summed E-state index contributed by atoms with van der Waals surface area (Å²) in [6.45, 7) is 5.53. The fourth-order valence-corrected chi connectivity index (χ4v) is 2.91. The van der Waals surface area contributed by atoms with Gasteiger partial charge >= 0.3 is 6.36 Å². The van der Waals surface area contributed by atoms with Crippen LogP contribution in [0.3, 0.4) is 0 Å². The van der Waals surface area contributed by atoms with Gasteiger partial charge in [-0.2, -0.15) is 0 Å². The highest BCUT2D eigenvalue weighted by Crippen LogP contribution is 2.23. The van der Waals surface area contributed by atoms with Crippen LogP contribution in [0.2, 0.25) is 0 Å². The molecule has 0 spiro atoms. The van der Waals surface area contributed by atoms with Gasteiger partial charge in [-0.05, 0) is 49.4 Å². The van der Waals surface area contributed by atoms with Crippen LogP contribution in [0.4, 0.5) is 13.2 Å². The number of nitrogens with zero attached hydrogens (tertiary/aromatic N) is 1. The lowest BCUT2D eigenvalue weighted by molar-refractivity contribution is -0.274. The highest BCUT2D eigenvalue weighted by molar-refractivity contribution is 5.94. The summed E-state index contributed by atoms with van der Waals surface area (Å²) < 4.78 is 40.3. The van der Waals surface area contributed by atoms with Gasteiger partial charge in [0.25, 0.3) is 5.91 Å². The Balaban J connectivity index is 1.89. The molecule has 8 heteroatoms. The summed E-state index contributed by atoms with van der Waals surface area (Å²) in [5.74, 6) is -0.136. The number of likely N-dealkylation sites (tertiary alicyclic amines) is 1. The van der Waals surface area contributed by atoms with Crippen LogP contribution < -0.4 is 10.1 Å². The van der Waals surface area contributed by atoms with Gasteiger partial charge in [-0.15, -0.1) is 13.2 Å². The second-order valence-corrected chi connectivity index (χ2v) is 7.13. The van der Waals surface area contributed by atoms with Crippen LogP contribution in [0.15, 0.2) is 24.3 Å². The third-order valence-electron chi connectivity index (χ3n) is 4.47. The molecule has 0 aromatic heterocycles. The summed E-state index contributed by atoms with van der Waals surface area (Å²) in [7, 11) is 0. The number of carbonyl (C=O) groups is 2. The first-order valence-corrected chi connectivity index (χ1v) is 9.08. The number of carbonyl (C=O) groups excluding carboxylic acids is 2. The molecule has 1 fully saturated rings. The van der Waals surface area contributed by atoms with Gasteiger partial charge in [0.05, 0.1) is 0 Å². The summed E-state index contributed by atoms with van der Waals surface area (Å²) in [6.07, 6.45) is -2.24. The minimum absolute atomic E-state index is 0.0982. The van der Waals surface area contributed by atoms with E-state index in [1.807, 2.05) is 4.90 Å². The van der Waals surface area contributed by atoms with Gasteiger partial charge < -0.3 is 15.0 Å². The van der Waals surface area contributed by atoms with E-state index in [1.54, 1.807) is 0 Å². The van der Waals surface area contributed by atoms with Crippen molar-refractivity contribution in [3.63, 3.8) is 0 Å². The SMILES string of the molecule is CC(C)CCN1CCC(NC(=O)c2ccc(OC(F)(F)F)cc2)CCC1=O. The first-order chi connectivity index (χ1) is 12.6. The predicted octanol–water partition coefficient (Wildman–Crippen LogP) is 3.74. The summed E-state index contributed by atoms with van der Waals surface area (Å²) >= 11 is 0. The number of hydrogen-bond acceptors (Lipinski definition) is 3. The Morgan fingerprint density at radius 1 is 1.26 bits per heavy atom. The molecule has 0 radical (unpaired) electrons. The van der Waals surface area contributed by atoms with Crippen molar-refractivity contribution >= 4 is 11.8 Å². The molecule has 1 aromatic carbocycles. The van der Waals surface area contributed by atoms with Crippen LogP contribution in [0.5, 0.6) is 5.75 Å². The number of benzene rings is 1. The molecular weight excluding hydrogens is 361 g/mol. The first kappa shape index (κ1) is 21.1. The van der Waals surface area contributed by atoms with E-state index < -0.39 is 6.36 Å². The largest absolute Gasteiger partial charge is 0.573 e. The smallest absolute Gasteiger partial charge is 0.406 e. The molecule has 1 aliphatic rings. The molecule has 0 bridgehead atoms. The fraction of sp³-hybridized carbons (Fsp3) is 0.579.